The van der Waals surface area contributed by atoms with Crippen LogP contribution in [0, 0.1) is 5.82 Å². The van der Waals surface area contributed by atoms with E-state index in [1.165, 1.54) is 11.3 Å². The third-order valence-electron chi connectivity index (χ3n) is 2.65. The number of alkyl halides is 3. The molecule has 0 aliphatic rings. The van der Waals surface area contributed by atoms with Crippen LogP contribution in [0.15, 0.2) is 29.0 Å². The third kappa shape index (κ3) is 3.25. The Morgan fingerprint density at radius 2 is 1.85 bits per heavy atom. The molecule has 1 heterocycles. The van der Waals surface area contributed by atoms with Crippen molar-refractivity contribution < 1.29 is 17.6 Å². The largest absolute Gasteiger partial charge is 0.416 e. The van der Waals surface area contributed by atoms with E-state index in [9.17, 15) is 17.6 Å². The van der Waals surface area contributed by atoms with Gasteiger partial charge >= 0.3 is 6.18 Å². The lowest BCUT2D eigenvalue weighted by Gasteiger charge is -2.19. The maximum Gasteiger partial charge on any atom is 0.416 e. The Balaban J connectivity index is 0.00000200. The average molecular weight is 346 g/mol. The zero-order valence-corrected chi connectivity index (χ0v) is 12.1. The van der Waals surface area contributed by atoms with Crippen molar-refractivity contribution in [2.75, 3.05) is 0 Å². The third-order valence-corrected chi connectivity index (χ3v) is 3.64. The molecular formula is C12H9Cl2F4NS. The van der Waals surface area contributed by atoms with Crippen LogP contribution < -0.4 is 5.73 Å². The highest BCUT2D eigenvalue weighted by Crippen LogP contribution is 2.39. The van der Waals surface area contributed by atoms with Crippen molar-refractivity contribution in [3.05, 3.63) is 56.5 Å². The number of hydrogen-bond donors (Lipinski definition) is 1. The molecule has 8 heteroatoms. The second kappa shape index (κ2) is 6.30. The Hall–Kier alpha value is -0.820. The molecule has 1 aromatic heterocycles. The van der Waals surface area contributed by atoms with Gasteiger partial charge in [-0.2, -0.15) is 24.5 Å². The molecule has 2 aromatic rings. The van der Waals surface area contributed by atoms with E-state index in [1.54, 1.807) is 16.8 Å². The number of thiophene rings is 1. The topological polar surface area (TPSA) is 26.0 Å². The Kier molecular flexibility index (Phi) is 5.43. The van der Waals surface area contributed by atoms with Crippen LogP contribution in [0.4, 0.5) is 17.6 Å². The zero-order valence-electron chi connectivity index (χ0n) is 9.75. The van der Waals surface area contributed by atoms with E-state index in [1.807, 2.05) is 0 Å². The lowest BCUT2D eigenvalue weighted by molar-refractivity contribution is -0.138. The van der Waals surface area contributed by atoms with Crippen molar-refractivity contribution >= 4 is 35.3 Å². The summed E-state index contributed by atoms with van der Waals surface area (Å²) in [6.07, 6.45) is -4.69. The van der Waals surface area contributed by atoms with Crippen molar-refractivity contribution in [1.29, 1.82) is 0 Å². The van der Waals surface area contributed by atoms with Gasteiger partial charge in [0.15, 0.2) is 0 Å². The molecule has 1 aromatic carbocycles. The fourth-order valence-corrected chi connectivity index (χ4v) is 2.60. The molecule has 0 saturated heterocycles. The van der Waals surface area contributed by atoms with Crippen molar-refractivity contribution in [3.8, 4) is 0 Å². The van der Waals surface area contributed by atoms with Gasteiger partial charge in [0, 0.05) is 5.56 Å². The maximum absolute atomic E-state index is 13.9. The lowest BCUT2D eigenvalue weighted by atomic mass is 9.96. The van der Waals surface area contributed by atoms with Gasteiger partial charge in [-0.05, 0) is 34.5 Å². The Labute approximate surface area is 127 Å². The molecule has 0 radical (unpaired) electrons. The van der Waals surface area contributed by atoms with Crippen LogP contribution in [0.5, 0.6) is 0 Å². The minimum atomic E-state index is -4.69. The minimum Gasteiger partial charge on any atom is -0.320 e. The van der Waals surface area contributed by atoms with E-state index >= 15 is 0 Å². The van der Waals surface area contributed by atoms with Gasteiger partial charge in [0.25, 0.3) is 0 Å². The molecule has 0 aliphatic heterocycles. The Morgan fingerprint density at radius 1 is 1.20 bits per heavy atom. The Bertz CT molecular complexity index is 584. The van der Waals surface area contributed by atoms with Gasteiger partial charge in [0.2, 0.25) is 0 Å². The van der Waals surface area contributed by atoms with Crippen LogP contribution in [0.1, 0.15) is 22.7 Å². The maximum atomic E-state index is 13.9. The molecule has 1 nitrogen and oxygen atoms in total. The Morgan fingerprint density at radius 3 is 2.35 bits per heavy atom. The smallest absolute Gasteiger partial charge is 0.320 e. The van der Waals surface area contributed by atoms with Gasteiger partial charge in [0.05, 0.1) is 16.6 Å². The zero-order chi connectivity index (χ0) is 14.2. The van der Waals surface area contributed by atoms with E-state index in [-0.39, 0.29) is 17.4 Å². The summed E-state index contributed by atoms with van der Waals surface area (Å²) in [7, 11) is 0. The second-order valence-electron chi connectivity index (χ2n) is 3.85. The first kappa shape index (κ1) is 17.2. The van der Waals surface area contributed by atoms with Crippen LogP contribution in [0.25, 0.3) is 0 Å². The highest BCUT2D eigenvalue weighted by atomic mass is 35.5. The predicted molar refractivity (Wildman–Crippen MR) is 74.0 cm³/mol. The summed E-state index contributed by atoms with van der Waals surface area (Å²) in [5.41, 5.74) is 4.42. The fraction of sp³-hybridized carbons (Fsp3) is 0.167. The molecule has 2 rings (SSSR count). The first-order valence-corrected chi connectivity index (χ1v) is 6.47. The lowest BCUT2D eigenvalue weighted by Crippen LogP contribution is -2.20. The molecule has 0 saturated carbocycles. The van der Waals surface area contributed by atoms with Gasteiger partial charge in [-0.3, -0.25) is 0 Å². The quantitative estimate of drug-likeness (QED) is 0.759. The fourth-order valence-electron chi connectivity index (χ4n) is 1.74. The summed E-state index contributed by atoms with van der Waals surface area (Å²) in [6.45, 7) is 0. The minimum absolute atomic E-state index is 0. The first-order valence-electron chi connectivity index (χ1n) is 5.15. The van der Waals surface area contributed by atoms with Gasteiger partial charge in [-0.25, -0.2) is 4.39 Å². The van der Waals surface area contributed by atoms with Gasteiger partial charge < -0.3 is 5.73 Å². The predicted octanol–water partition coefficient (Wildman–Crippen LogP) is 5.03. The van der Waals surface area contributed by atoms with Crippen LogP contribution in [0.2, 0.25) is 5.02 Å². The molecule has 20 heavy (non-hydrogen) atoms. The highest BCUT2D eigenvalue weighted by molar-refractivity contribution is 7.08. The van der Waals surface area contributed by atoms with Crippen LogP contribution in [-0.2, 0) is 6.18 Å². The SMILES string of the molecule is Cl.N[C@@H](c1ccsc1)c1c(C(F)(F)F)ccc(Cl)c1F. The number of benzene rings is 1. The molecular weight excluding hydrogens is 337 g/mol. The average Bonchev–Trinajstić information content (AvgIpc) is 2.83. The van der Waals surface area contributed by atoms with Crippen molar-refractivity contribution in [3.63, 3.8) is 0 Å². The van der Waals surface area contributed by atoms with Crippen molar-refractivity contribution in [1.82, 2.24) is 0 Å². The molecule has 0 spiro atoms. The molecule has 2 N–H and O–H groups in total. The van der Waals surface area contributed by atoms with Crippen LogP contribution >= 0.6 is 35.3 Å². The summed E-state index contributed by atoms with van der Waals surface area (Å²) in [5, 5.41) is 2.85. The summed E-state index contributed by atoms with van der Waals surface area (Å²) in [5.74, 6) is -1.13. The molecule has 1 atom stereocenters. The molecule has 0 aliphatic carbocycles. The van der Waals surface area contributed by atoms with E-state index < -0.39 is 29.2 Å². The second-order valence-corrected chi connectivity index (χ2v) is 5.04. The molecule has 0 unspecified atom stereocenters. The van der Waals surface area contributed by atoms with E-state index in [4.69, 9.17) is 17.3 Å². The first-order chi connectivity index (χ1) is 8.82. The van der Waals surface area contributed by atoms with Gasteiger partial charge in [-0.15, -0.1) is 12.4 Å². The highest BCUT2D eigenvalue weighted by Gasteiger charge is 2.37. The standard InChI is InChI=1S/C12H8ClF4NS.ClH/c13-8-2-1-7(12(15,16)17)9(10(8)14)11(18)6-3-4-19-5-6;/h1-5,11H,18H2;1H/t11-;/m0./s1. The van der Waals surface area contributed by atoms with E-state index in [2.05, 4.69) is 0 Å². The van der Waals surface area contributed by atoms with Crippen molar-refractivity contribution in [2.45, 2.75) is 12.2 Å². The number of rotatable bonds is 2. The van der Waals surface area contributed by atoms with Crippen LogP contribution in [0.3, 0.4) is 0 Å². The van der Waals surface area contributed by atoms with E-state index in [0.717, 1.165) is 12.1 Å². The van der Waals surface area contributed by atoms with Crippen LogP contribution in [-0.4, -0.2) is 0 Å². The summed E-state index contributed by atoms with van der Waals surface area (Å²) >= 11 is 6.82. The summed E-state index contributed by atoms with van der Waals surface area (Å²) in [6, 6.07) is 1.97. The molecule has 0 bridgehead atoms. The summed E-state index contributed by atoms with van der Waals surface area (Å²) in [4.78, 5) is 0. The van der Waals surface area contributed by atoms with Crippen molar-refractivity contribution in [2.24, 2.45) is 5.73 Å². The summed E-state index contributed by atoms with van der Waals surface area (Å²) < 4.78 is 52.6. The molecule has 0 fully saturated rings. The number of nitrogens with two attached hydrogens (primary N) is 1. The monoisotopic (exact) mass is 345 g/mol. The van der Waals surface area contributed by atoms with Gasteiger partial charge in [0.1, 0.15) is 5.82 Å². The van der Waals surface area contributed by atoms with E-state index in [0.29, 0.717) is 5.56 Å². The van der Waals surface area contributed by atoms with Gasteiger partial charge in [-0.1, -0.05) is 11.6 Å². The number of halogens is 6. The normalized spacial score (nSPS) is 12.9. The number of hydrogen-bond acceptors (Lipinski definition) is 2. The molecule has 110 valence electrons. The molecule has 0 amide bonds.